The van der Waals surface area contributed by atoms with E-state index in [0.717, 1.165) is 19.5 Å². The van der Waals surface area contributed by atoms with Crippen molar-refractivity contribution in [3.63, 3.8) is 0 Å². The molecule has 1 aliphatic heterocycles. The molecule has 18 heavy (non-hydrogen) atoms. The minimum atomic E-state index is -1.08. The van der Waals surface area contributed by atoms with E-state index in [9.17, 15) is 9.59 Å². The molecule has 1 aromatic rings. The van der Waals surface area contributed by atoms with E-state index in [1.807, 2.05) is 7.05 Å². The van der Waals surface area contributed by atoms with Gasteiger partial charge in [-0.1, -0.05) is 12.1 Å². The predicted molar refractivity (Wildman–Crippen MR) is 66.8 cm³/mol. The summed E-state index contributed by atoms with van der Waals surface area (Å²) < 4.78 is 0. The maximum absolute atomic E-state index is 12.0. The SMILES string of the molecule is CN1CCC(NC(=O)c2ccccc2C(=O)O)C1. The van der Waals surface area contributed by atoms with Crippen molar-refractivity contribution < 1.29 is 14.7 Å². The van der Waals surface area contributed by atoms with Crippen molar-refractivity contribution in [1.29, 1.82) is 0 Å². The third-order valence-corrected chi connectivity index (χ3v) is 3.13. The van der Waals surface area contributed by atoms with Crippen molar-refractivity contribution in [2.24, 2.45) is 0 Å². The molecule has 5 nitrogen and oxygen atoms in total. The van der Waals surface area contributed by atoms with Gasteiger partial charge in [-0.2, -0.15) is 0 Å². The quantitative estimate of drug-likeness (QED) is 0.831. The lowest BCUT2D eigenvalue weighted by molar-refractivity contribution is 0.0690. The molecule has 1 fully saturated rings. The second kappa shape index (κ2) is 5.18. The Balaban J connectivity index is 2.11. The van der Waals surface area contributed by atoms with E-state index >= 15 is 0 Å². The molecule has 0 spiro atoms. The number of benzene rings is 1. The van der Waals surface area contributed by atoms with Crippen molar-refractivity contribution in [3.8, 4) is 0 Å². The number of likely N-dealkylation sites (N-methyl/N-ethyl adjacent to an activating group) is 1. The minimum Gasteiger partial charge on any atom is -0.478 e. The minimum absolute atomic E-state index is 0.0429. The molecule has 96 valence electrons. The molecule has 1 unspecified atom stereocenters. The summed E-state index contributed by atoms with van der Waals surface area (Å²) in [5, 5.41) is 11.9. The van der Waals surface area contributed by atoms with Gasteiger partial charge in [-0.25, -0.2) is 4.79 Å². The smallest absolute Gasteiger partial charge is 0.336 e. The van der Waals surface area contributed by atoms with Crippen LogP contribution in [0.15, 0.2) is 24.3 Å². The highest BCUT2D eigenvalue weighted by atomic mass is 16.4. The van der Waals surface area contributed by atoms with E-state index < -0.39 is 5.97 Å². The third kappa shape index (κ3) is 2.68. The molecule has 0 bridgehead atoms. The zero-order valence-electron chi connectivity index (χ0n) is 10.2. The molecule has 1 aliphatic rings. The fraction of sp³-hybridized carbons (Fsp3) is 0.385. The molecular weight excluding hydrogens is 232 g/mol. The third-order valence-electron chi connectivity index (χ3n) is 3.13. The van der Waals surface area contributed by atoms with Gasteiger partial charge in [0.05, 0.1) is 11.1 Å². The Kier molecular flexibility index (Phi) is 3.62. The molecule has 2 N–H and O–H groups in total. The number of likely N-dealkylation sites (tertiary alicyclic amines) is 1. The number of carbonyl (C=O) groups is 2. The van der Waals surface area contributed by atoms with Crippen molar-refractivity contribution in [1.82, 2.24) is 10.2 Å². The van der Waals surface area contributed by atoms with E-state index in [1.165, 1.54) is 12.1 Å². The van der Waals surface area contributed by atoms with Crippen molar-refractivity contribution >= 4 is 11.9 Å². The molecule has 0 saturated carbocycles. The first kappa shape index (κ1) is 12.6. The first-order chi connectivity index (χ1) is 8.58. The number of hydrogen-bond donors (Lipinski definition) is 2. The zero-order valence-corrected chi connectivity index (χ0v) is 10.2. The standard InChI is InChI=1S/C13H16N2O3/c1-15-7-6-9(8-15)14-12(16)10-4-2-3-5-11(10)13(17)18/h2-5,9H,6-8H2,1H3,(H,14,16)(H,17,18). The largest absolute Gasteiger partial charge is 0.478 e. The Morgan fingerprint density at radius 3 is 2.56 bits per heavy atom. The molecule has 5 heteroatoms. The molecule has 2 rings (SSSR count). The van der Waals surface area contributed by atoms with Gasteiger partial charge < -0.3 is 15.3 Å². The molecule has 1 amide bonds. The van der Waals surface area contributed by atoms with Crippen LogP contribution in [0, 0.1) is 0 Å². The molecule has 1 atom stereocenters. The van der Waals surface area contributed by atoms with Gasteiger partial charge in [0.15, 0.2) is 0 Å². The number of carbonyl (C=O) groups excluding carboxylic acids is 1. The number of aromatic carboxylic acids is 1. The molecule has 0 radical (unpaired) electrons. The fourth-order valence-corrected chi connectivity index (χ4v) is 2.18. The van der Waals surface area contributed by atoms with E-state index in [-0.39, 0.29) is 23.1 Å². The van der Waals surface area contributed by atoms with Crippen LogP contribution in [0.1, 0.15) is 27.1 Å². The van der Waals surface area contributed by atoms with Gasteiger partial charge in [-0.3, -0.25) is 4.79 Å². The Hall–Kier alpha value is -1.88. The molecule has 0 aliphatic carbocycles. The summed E-state index contributed by atoms with van der Waals surface area (Å²) in [6.07, 6.45) is 0.900. The fourth-order valence-electron chi connectivity index (χ4n) is 2.18. The van der Waals surface area contributed by atoms with Gasteiger partial charge >= 0.3 is 5.97 Å². The number of rotatable bonds is 3. The number of carboxylic acid groups (broad SMARTS) is 1. The van der Waals surface area contributed by atoms with E-state index in [0.29, 0.717) is 0 Å². The molecular formula is C13H16N2O3. The maximum Gasteiger partial charge on any atom is 0.336 e. The first-order valence-corrected chi connectivity index (χ1v) is 5.89. The van der Waals surface area contributed by atoms with Crippen LogP contribution < -0.4 is 5.32 Å². The summed E-state index contributed by atoms with van der Waals surface area (Å²) in [7, 11) is 2.00. The normalized spacial score (nSPS) is 19.7. The highest BCUT2D eigenvalue weighted by Crippen LogP contribution is 2.11. The second-order valence-electron chi connectivity index (χ2n) is 4.57. The number of carboxylic acids is 1. The van der Waals surface area contributed by atoms with E-state index in [4.69, 9.17) is 5.11 Å². The second-order valence-corrected chi connectivity index (χ2v) is 4.57. The van der Waals surface area contributed by atoms with Gasteiger partial charge in [-0.15, -0.1) is 0 Å². The van der Waals surface area contributed by atoms with Crippen molar-refractivity contribution in [3.05, 3.63) is 35.4 Å². The topological polar surface area (TPSA) is 69.6 Å². The van der Waals surface area contributed by atoms with Crippen LogP contribution in [0.5, 0.6) is 0 Å². The first-order valence-electron chi connectivity index (χ1n) is 5.89. The maximum atomic E-state index is 12.0. The summed E-state index contributed by atoms with van der Waals surface area (Å²) in [5.41, 5.74) is 0.265. The number of hydrogen-bond acceptors (Lipinski definition) is 3. The predicted octanol–water partition coefficient (Wildman–Crippen LogP) is 0.819. The Labute approximate surface area is 105 Å². The summed E-state index contributed by atoms with van der Waals surface area (Å²) in [4.78, 5) is 25.2. The number of amides is 1. The molecule has 1 saturated heterocycles. The van der Waals surface area contributed by atoms with Crippen LogP contribution in [0.25, 0.3) is 0 Å². The lowest BCUT2D eigenvalue weighted by atomic mass is 10.1. The van der Waals surface area contributed by atoms with Gasteiger partial charge in [0.1, 0.15) is 0 Å². The average Bonchev–Trinajstić information content (AvgIpc) is 2.74. The Morgan fingerprint density at radius 2 is 2.00 bits per heavy atom. The van der Waals surface area contributed by atoms with Crippen molar-refractivity contribution in [2.75, 3.05) is 20.1 Å². The molecule has 1 aromatic carbocycles. The summed E-state index contributed by atoms with van der Waals surface area (Å²) in [5.74, 6) is -1.39. The lowest BCUT2D eigenvalue weighted by Gasteiger charge is -2.13. The van der Waals surface area contributed by atoms with Gasteiger partial charge in [-0.05, 0) is 32.1 Å². The number of nitrogens with one attached hydrogen (secondary N) is 1. The summed E-state index contributed by atoms with van der Waals surface area (Å²) in [6, 6.07) is 6.37. The molecule has 0 aromatic heterocycles. The van der Waals surface area contributed by atoms with Crippen LogP contribution in [0.2, 0.25) is 0 Å². The van der Waals surface area contributed by atoms with Crippen LogP contribution in [0.4, 0.5) is 0 Å². The van der Waals surface area contributed by atoms with E-state index in [1.54, 1.807) is 12.1 Å². The average molecular weight is 248 g/mol. The monoisotopic (exact) mass is 248 g/mol. The van der Waals surface area contributed by atoms with Gasteiger partial charge in [0, 0.05) is 12.6 Å². The van der Waals surface area contributed by atoms with E-state index in [2.05, 4.69) is 10.2 Å². The number of nitrogens with zero attached hydrogens (tertiary/aromatic N) is 1. The van der Waals surface area contributed by atoms with Crippen LogP contribution in [-0.2, 0) is 0 Å². The lowest BCUT2D eigenvalue weighted by Crippen LogP contribution is -2.37. The highest BCUT2D eigenvalue weighted by molar-refractivity contribution is 6.04. The highest BCUT2D eigenvalue weighted by Gasteiger charge is 2.23. The van der Waals surface area contributed by atoms with Crippen LogP contribution in [0.3, 0.4) is 0 Å². The summed E-state index contributed by atoms with van der Waals surface area (Å²) >= 11 is 0. The Morgan fingerprint density at radius 1 is 1.33 bits per heavy atom. The Bertz CT molecular complexity index is 473. The zero-order chi connectivity index (χ0) is 13.1. The van der Waals surface area contributed by atoms with Crippen molar-refractivity contribution in [2.45, 2.75) is 12.5 Å². The van der Waals surface area contributed by atoms with Gasteiger partial charge in [0.2, 0.25) is 0 Å². The van der Waals surface area contributed by atoms with Crippen LogP contribution in [-0.4, -0.2) is 48.1 Å². The molecule has 1 heterocycles. The summed E-state index contributed by atoms with van der Waals surface area (Å²) in [6.45, 7) is 1.76. The van der Waals surface area contributed by atoms with Crippen LogP contribution >= 0.6 is 0 Å². The van der Waals surface area contributed by atoms with Gasteiger partial charge in [0.25, 0.3) is 5.91 Å².